The molecule has 9 nitrogen and oxygen atoms in total. The largest absolute Gasteiger partial charge is 0.378 e. The van der Waals surface area contributed by atoms with Gasteiger partial charge in [0.2, 0.25) is 0 Å². The van der Waals surface area contributed by atoms with Crippen molar-refractivity contribution in [2.45, 2.75) is 18.6 Å². The number of fused-ring (bicyclic) bond motifs is 1. The molecular formula is C19H23N7O2S. The van der Waals surface area contributed by atoms with E-state index >= 15 is 0 Å². The summed E-state index contributed by atoms with van der Waals surface area (Å²) in [5.74, 6) is 1.67. The standard InChI is InChI=1S/C19H23N7O2S/c1-2-29-19-23-16(25-9-11-28-12-10-25)15-13-22-26(17(15)24-19)8-7-21-18(27)14-3-5-20-6-4-14/h3-6,13H,2,7-12H2,1H3,(H,21,27). The predicted molar refractivity (Wildman–Crippen MR) is 111 cm³/mol. The number of carbonyl (C=O) groups is 1. The second-order valence-corrected chi connectivity index (χ2v) is 7.69. The van der Waals surface area contributed by atoms with Crippen LogP contribution < -0.4 is 10.2 Å². The molecular weight excluding hydrogens is 390 g/mol. The summed E-state index contributed by atoms with van der Waals surface area (Å²) in [5.41, 5.74) is 1.37. The molecule has 3 aromatic heterocycles. The average Bonchev–Trinajstić information content (AvgIpc) is 3.17. The fraction of sp³-hybridized carbons (Fsp3) is 0.421. The molecule has 1 saturated heterocycles. The molecule has 1 amide bonds. The van der Waals surface area contributed by atoms with Gasteiger partial charge in [0.1, 0.15) is 5.82 Å². The molecule has 1 N–H and O–H groups in total. The number of nitrogens with one attached hydrogen (secondary N) is 1. The lowest BCUT2D eigenvalue weighted by atomic mass is 10.2. The lowest BCUT2D eigenvalue weighted by Gasteiger charge is -2.28. The van der Waals surface area contributed by atoms with E-state index in [4.69, 9.17) is 14.7 Å². The highest BCUT2D eigenvalue weighted by molar-refractivity contribution is 7.99. The molecule has 29 heavy (non-hydrogen) atoms. The van der Waals surface area contributed by atoms with Gasteiger partial charge >= 0.3 is 0 Å². The number of carbonyl (C=O) groups excluding carboxylic acids is 1. The molecule has 3 aromatic rings. The van der Waals surface area contributed by atoms with Crippen LogP contribution in [-0.2, 0) is 11.3 Å². The van der Waals surface area contributed by atoms with Crippen LogP contribution in [0.2, 0.25) is 0 Å². The van der Waals surface area contributed by atoms with E-state index in [1.165, 1.54) is 0 Å². The Hall–Kier alpha value is -2.72. The van der Waals surface area contributed by atoms with Crippen molar-refractivity contribution in [1.29, 1.82) is 0 Å². The zero-order valence-electron chi connectivity index (χ0n) is 16.2. The molecule has 0 aromatic carbocycles. The minimum Gasteiger partial charge on any atom is -0.378 e. The van der Waals surface area contributed by atoms with Crippen molar-refractivity contribution >= 4 is 34.5 Å². The van der Waals surface area contributed by atoms with Gasteiger partial charge in [-0.15, -0.1) is 0 Å². The maximum atomic E-state index is 12.2. The molecule has 1 aliphatic heterocycles. The van der Waals surface area contributed by atoms with E-state index in [1.807, 2.05) is 10.9 Å². The van der Waals surface area contributed by atoms with E-state index in [0.29, 0.717) is 31.9 Å². The van der Waals surface area contributed by atoms with Gasteiger partial charge in [-0.3, -0.25) is 9.78 Å². The maximum absolute atomic E-state index is 12.2. The Morgan fingerprint density at radius 1 is 1.24 bits per heavy atom. The molecule has 152 valence electrons. The van der Waals surface area contributed by atoms with Crippen molar-refractivity contribution in [3.05, 3.63) is 36.3 Å². The van der Waals surface area contributed by atoms with Crippen LogP contribution >= 0.6 is 11.8 Å². The van der Waals surface area contributed by atoms with E-state index in [2.05, 4.69) is 27.2 Å². The summed E-state index contributed by atoms with van der Waals surface area (Å²) in [7, 11) is 0. The third-order valence-corrected chi connectivity index (χ3v) is 5.32. The molecule has 1 fully saturated rings. The number of pyridine rings is 1. The summed E-state index contributed by atoms with van der Waals surface area (Å²) in [6, 6.07) is 3.38. The highest BCUT2D eigenvalue weighted by Gasteiger charge is 2.20. The van der Waals surface area contributed by atoms with Gasteiger partial charge in [0.05, 0.1) is 31.3 Å². The first-order valence-corrected chi connectivity index (χ1v) is 10.6. The third kappa shape index (κ3) is 4.48. The van der Waals surface area contributed by atoms with Crippen molar-refractivity contribution in [3.8, 4) is 0 Å². The number of nitrogens with zero attached hydrogens (tertiary/aromatic N) is 6. The number of thioether (sulfide) groups is 1. The molecule has 0 radical (unpaired) electrons. The molecule has 4 rings (SSSR count). The van der Waals surface area contributed by atoms with E-state index in [1.54, 1.807) is 36.3 Å². The van der Waals surface area contributed by atoms with Crippen LogP contribution in [0.25, 0.3) is 11.0 Å². The van der Waals surface area contributed by atoms with Gasteiger partial charge in [-0.25, -0.2) is 14.6 Å². The van der Waals surface area contributed by atoms with Crippen molar-refractivity contribution in [3.63, 3.8) is 0 Å². The highest BCUT2D eigenvalue weighted by atomic mass is 32.2. The SMILES string of the molecule is CCSc1nc(N2CCOCC2)c2cnn(CCNC(=O)c3ccncc3)c2n1. The molecule has 0 aliphatic carbocycles. The highest BCUT2D eigenvalue weighted by Crippen LogP contribution is 2.27. The number of ether oxygens (including phenoxy) is 1. The first-order valence-electron chi connectivity index (χ1n) is 9.63. The van der Waals surface area contributed by atoms with Gasteiger partial charge in [0.15, 0.2) is 10.8 Å². The number of hydrogen-bond acceptors (Lipinski definition) is 8. The lowest BCUT2D eigenvalue weighted by Crippen LogP contribution is -2.37. The summed E-state index contributed by atoms with van der Waals surface area (Å²) in [4.78, 5) is 27.9. The van der Waals surface area contributed by atoms with Crippen LogP contribution in [0.4, 0.5) is 5.82 Å². The second kappa shape index (κ2) is 9.19. The Morgan fingerprint density at radius 3 is 2.79 bits per heavy atom. The zero-order valence-corrected chi connectivity index (χ0v) is 17.1. The molecule has 0 unspecified atom stereocenters. The Balaban J connectivity index is 1.53. The number of amides is 1. The predicted octanol–water partition coefficient (Wildman–Crippen LogP) is 1.60. The Morgan fingerprint density at radius 2 is 2.03 bits per heavy atom. The summed E-state index contributed by atoms with van der Waals surface area (Å²) >= 11 is 1.61. The number of rotatable bonds is 7. The second-order valence-electron chi connectivity index (χ2n) is 6.46. The van der Waals surface area contributed by atoms with E-state index in [9.17, 15) is 4.79 Å². The van der Waals surface area contributed by atoms with Gasteiger partial charge in [-0.05, 0) is 17.9 Å². The molecule has 0 spiro atoms. The minimum absolute atomic E-state index is 0.130. The van der Waals surface area contributed by atoms with Gasteiger partial charge in [-0.1, -0.05) is 18.7 Å². The Bertz CT molecular complexity index is 973. The van der Waals surface area contributed by atoms with Crippen LogP contribution in [0.1, 0.15) is 17.3 Å². The molecule has 1 aliphatic rings. The molecule has 0 atom stereocenters. The summed E-state index contributed by atoms with van der Waals surface area (Å²) in [6.07, 6.45) is 5.02. The number of anilines is 1. The monoisotopic (exact) mass is 413 g/mol. The lowest BCUT2D eigenvalue weighted by molar-refractivity contribution is 0.0952. The van der Waals surface area contributed by atoms with Crippen LogP contribution in [0.5, 0.6) is 0 Å². The van der Waals surface area contributed by atoms with Gasteiger partial charge in [0.25, 0.3) is 5.91 Å². The van der Waals surface area contributed by atoms with Gasteiger partial charge < -0.3 is 15.0 Å². The van der Waals surface area contributed by atoms with Crippen LogP contribution in [0.15, 0.2) is 35.9 Å². The average molecular weight is 414 g/mol. The fourth-order valence-electron chi connectivity index (χ4n) is 3.18. The van der Waals surface area contributed by atoms with Crippen molar-refractivity contribution < 1.29 is 9.53 Å². The molecule has 10 heteroatoms. The first kappa shape index (κ1) is 19.6. The minimum atomic E-state index is -0.130. The van der Waals surface area contributed by atoms with Crippen LogP contribution in [-0.4, -0.2) is 69.2 Å². The fourth-order valence-corrected chi connectivity index (χ4v) is 3.74. The Kier molecular flexibility index (Phi) is 6.20. The topological polar surface area (TPSA) is 98.1 Å². The van der Waals surface area contributed by atoms with E-state index in [-0.39, 0.29) is 5.91 Å². The maximum Gasteiger partial charge on any atom is 0.251 e. The number of morpholine rings is 1. The van der Waals surface area contributed by atoms with E-state index in [0.717, 1.165) is 40.9 Å². The summed E-state index contributed by atoms with van der Waals surface area (Å²) in [6.45, 7) is 6.04. The zero-order chi connectivity index (χ0) is 20.1. The molecule has 0 saturated carbocycles. The quantitative estimate of drug-likeness (QED) is 0.461. The molecule has 0 bridgehead atoms. The van der Waals surface area contributed by atoms with E-state index < -0.39 is 0 Å². The van der Waals surface area contributed by atoms with Crippen LogP contribution in [0.3, 0.4) is 0 Å². The van der Waals surface area contributed by atoms with Crippen LogP contribution in [0, 0.1) is 0 Å². The van der Waals surface area contributed by atoms with Gasteiger partial charge in [-0.2, -0.15) is 5.10 Å². The number of hydrogen-bond donors (Lipinski definition) is 1. The van der Waals surface area contributed by atoms with Gasteiger partial charge in [0, 0.05) is 37.6 Å². The smallest absolute Gasteiger partial charge is 0.251 e. The third-order valence-electron chi connectivity index (χ3n) is 4.59. The van der Waals surface area contributed by atoms with Crippen molar-refractivity contribution in [2.75, 3.05) is 43.5 Å². The Labute approximate surface area is 172 Å². The van der Waals surface area contributed by atoms with Crippen molar-refractivity contribution in [2.24, 2.45) is 0 Å². The van der Waals surface area contributed by atoms with Crippen molar-refractivity contribution in [1.82, 2.24) is 30.0 Å². The number of aromatic nitrogens is 5. The summed E-state index contributed by atoms with van der Waals surface area (Å²) in [5, 5.41) is 9.09. The normalized spacial score (nSPS) is 14.3. The molecule has 4 heterocycles. The first-order chi connectivity index (χ1) is 14.3. The summed E-state index contributed by atoms with van der Waals surface area (Å²) < 4.78 is 7.30.